The molecular formula is C9H7Cl2NO3. The Balaban J connectivity index is 3.37. The maximum atomic E-state index is 11.3. The third kappa shape index (κ3) is 2.46. The number of nitro benzene ring substituents is 1. The Bertz CT molecular complexity index is 432. The Kier molecular flexibility index (Phi) is 3.66. The van der Waals surface area contributed by atoms with Crippen molar-refractivity contribution in [2.24, 2.45) is 0 Å². The number of Topliss-reactive ketones (excluding diaryl/α,β-unsaturated/α-hetero) is 1. The Morgan fingerprint density at radius 2 is 2.13 bits per heavy atom. The smallest absolute Gasteiger partial charge is 0.271 e. The second-order valence-electron chi connectivity index (χ2n) is 2.91. The standard InChI is InChI=1S/C9H7Cl2NO3/c1-5-7(9(13)4-10)2-6(12(14)15)3-8(5)11/h2-3H,4H2,1H3. The van der Waals surface area contributed by atoms with Crippen LogP contribution in [0.3, 0.4) is 0 Å². The van der Waals surface area contributed by atoms with Crippen molar-refractivity contribution < 1.29 is 9.72 Å². The molecule has 0 radical (unpaired) electrons. The van der Waals surface area contributed by atoms with E-state index in [1.807, 2.05) is 0 Å². The van der Waals surface area contributed by atoms with E-state index >= 15 is 0 Å². The van der Waals surface area contributed by atoms with Gasteiger partial charge in [-0.2, -0.15) is 0 Å². The molecule has 0 atom stereocenters. The zero-order chi connectivity index (χ0) is 11.6. The number of alkyl halides is 1. The van der Waals surface area contributed by atoms with Crippen molar-refractivity contribution in [1.29, 1.82) is 0 Å². The van der Waals surface area contributed by atoms with E-state index < -0.39 is 4.92 Å². The first-order valence-electron chi connectivity index (χ1n) is 4.01. The van der Waals surface area contributed by atoms with Crippen LogP contribution >= 0.6 is 23.2 Å². The second kappa shape index (κ2) is 4.59. The lowest BCUT2D eigenvalue weighted by molar-refractivity contribution is -0.384. The van der Waals surface area contributed by atoms with Crippen LogP contribution in [0.2, 0.25) is 5.02 Å². The highest BCUT2D eigenvalue weighted by molar-refractivity contribution is 6.34. The third-order valence-electron chi connectivity index (χ3n) is 1.96. The summed E-state index contributed by atoms with van der Waals surface area (Å²) >= 11 is 11.1. The molecule has 0 unspecified atom stereocenters. The largest absolute Gasteiger partial charge is 0.293 e. The Morgan fingerprint density at radius 1 is 1.53 bits per heavy atom. The molecule has 0 fully saturated rings. The lowest BCUT2D eigenvalue weighted by atomic mass is 10.0. The van der Waals surface area contributed by atoms with Gasteiger partial charge < -0.3 is 0 Å². The zero-order valence-corrected chi connectivity index (χ0v) is 9.30. The number of non-ortho nitro benzene ring substituents is 1. The average Bonchev–Trinajstić information content (AvgIpc) is 2.20. The van der Waals surface area contributed by atoms with Crippen molar-refractivity contribution in [1.82, 2.24) is 0 Å². The fraction of sp³-hybridized carbons (Fsp3) is 0.222. The number of halogens is 2. The molecule has 0 aliphatic rings. The minimum Gasteiger partial charge on any atom is -0.293 e. The lowest BCUT2D eigenvalue weighted by Crippen LogP contribution is -2.04. The molecule has 0 N–H and O–H groups in total. The van der Waals surface area contributed by atoms with Crippen molar-refractivity contribution in [2.75, 3.05) is 5.88 Å². The van der Waals surface area contributed by atoms with Crippen LogP contribution < -0.4 is 0 Å². The van der Waals surface area contributed by atoms with Gasteiger partial charge in [0.25, 0.3) is 5.69 Å². The number of nitrogens with zero attached hydrogens (tertiary/aromatic N) is 1. The number of carbonyl (C=O) groups is 1. The molecule has 0 heterocycles. The summed E-state index contributed by atoms with van der Waals surface area (Å²) in [6, 6.07) is 2.40. The van der Waals surface area contributed by atoms with Crippen molar-refractivity contribution in [3.05, 3.63) is 38.4 Å². The Morgan fingerprint density at radius 3 is 2.60 bits per heavy atom. The van der Waals surface area contributed by atoms with Gasteiger partial charge in [-0.1, -0.05) is 11.6 Å². The first-order chi connectivity index (χ1) is 6.97. The maximum Gasteiger partial charge on any atom is 0.271 e. The van der Waals surface area contributed by atoms with E-state index in [4.69, 9.17) is 23.2 Å². The maximum absolute atomic E-state index is 11.3. The number of hydrogen-bond acceptors (Lipinski definition) is 3. The van der Waals surface area contributed by atoms with E-state index in [9.17, 15) is 14.9 Å². The number of rotatable bonds is 3. The molecule has 15 heavy (non-hydrogen) atoms. The normalized spacial score (nSPS) is 10.1. The fourth-order valence-corrected chi connectivity index (χ4v) is 1.49. The van der Waals surface area contributed by atoms with Crippen LogP contribution in [0.1, 0.15) is 15.9 Å². The number of ketones is 1. The number of hydrogen-bond donors (Lipinski definition) is 0. The van der Waals surface area contributed by atoms with Crippen molar-refractivity contribution in [3.63, 3.8) is 0 Å². The lowest BCUT2D eigenvalue weighted by Gasteiger charge is -2.04. The van der Waals surface area contributed by atoms with Gasteiger partial charge in [0.05, 0.1) is 15.8 Å². The van der Waals surface area contributed by atoms with Crippen LogP contribution in [0.5, 0.6) is 0 Å². The molecule has 0 spiro atoms. The molecule has 0 saturated heterocycles. The van der Waals surface area contributed by atoms with Crippen molar-refractivity contribution >= 4 is 34.7 Å². The van der Waals surface area contributed by atoms with Crippen molar-refractivity contribution in [3.8, 4) is 0 Å². The topological polar surface area (TPSA) is 60.2 Å². The van der Waals surface area contributed by atoms with Crippen LogP contribution in [-0.2, 0) is 0 Å². The first-order valence-corrected chi connectivity index (χ1v) is 4.92. The Hall–Kier alpha value is -1.13. The molecule has 0 saturated carbocycles. The summed E-state index contributed by atoms with van der Waals surface area (Å²) in [4.78, 5) is 21.3. The molecule has 0 aromatic heterocycles. The van der Waals surface area contributed by atoms with Crippen LogP contribution in [0, 0.1) is 17.0 Å². The fourth-order valence-electron chi connectivity index (χ4n) is 1.13. The van der Waals surface area contributed by atoms with Crippen molar-refractivity contribution in [2.45, 2.75) is 6.92 Å². The molecule has 0 aliphatic carbocycles. The third-order valence-corrected chi connectivity index (χ3v) is 2.60. The number of benzene rings is 1. The van der Waals surface area contributed by atoms with Crippen LogP contribution in [-0.4, -0.2) is 16.6 Å². The molecule has 1 rings (SSSR count). The summed E-state index contributed by atoms with van der Waals surface area (Å²) in [5.41, 5.74) is 0.496. The SMILES string of the molecule is Cc1c(Cl)cc([N+](=O)[O-])cc1C(=O)CCl. The van der Waals surface area contributed by atoms with Gasteiger partial charge in [-0.15, -0.1) is 11.6 Å². The Labute approximate surface area is 95.9 Å². The predicted molar refractivity (Wildman–Crippen MR) is 57.9 cm³/mol. The van der Waals surface area contributed by atoms with Crippen LogP contribution in [0.15, 0.2) is 12.1 Å². The average molecular weight is 248 g/mol. The highest BCUT2D eigenvalue weighted by atomic mass is 35.5. The quantitative estimate of drug-likeness (QED) is 0.357. The highest BCUT2D eigenvalue weighted by Gasteiger charge is 2.17. The summed E-state index contributed by atoms with van der Waals surface area (Å²) in [6.45, 7) is 1.62. The summed E-state index contributed by atoms with van der Waals surface area (Å²) in [5.74, 6) is -0.599. The van der Waals surface area contributed by atoms with Gasteiger partial charge in [-0.05, 0) is 12.5 Å². The highest BCUT2D eigenvalue weighted by Crippen LogP contribution is 2.26. The number of carbonyl (C=O) groups excluding carboxylic acids is 1. The monoisotopic (exact) mass is 247 g/mol. The summed E-state index contributed by atoms with van der Waals surface area (Å²) in [7, 11) is 0. The summed E-state index contributed by atoms with van der Waals surface area (Å²) < 4.78 is 0. The minimum atomic E-state index is -0.601. The zero-order valence-electron chi connectivity index (χ0n) is 7.79. The molecule has 4 nitrogen and oxygen atoms in total. The van der Waals surface area contributed by atoms with Gasteiger partial charge in [0.15, 0.2) is 5.78 Å². The molecule has 6 heteroatoms. The molecule has 1 aromatic rings. The number of nitro groups is 1. The molecule has 0 amide bonds. The predicted octanol–water partition coefficient (Wildman–Crippen LogP) is 2.98. The second-order valence-corrected chi connectivity index (χ2v) is 3.59. The molecule has 0 aliphatic heterocycles. The summed E-state index contributed by atoms with van der Waals surface area (Å²) in [5, 5.41) is 10.7. The first kappa shape index (κ1) is 11.9. The van der Waals surface area contributed by atoms with Gasteiger partial charge in [0, 0.05) is 17.7 Å². The van der Waals surface area contributed by atoms with Gasteiger partial charge in [0.1, 0.15) is 0 Å². The van der Waals surface area contributed by atoms with E-state index in [1.54, 1.807) is 6.92 Å². The summed E-state index contributed by atoms with van der Waals surface area (Å²) in [6.07, 6.45) is 0. The van der Waals surface area contributed by atoms with E-state index in [0.717, 1.165) is 0 Å². The molecular weight excluding hydrogens is 241 g/mol. The van der Waals surface area contributed by atoms with Gasteiger partial charge in [-0.25, -0.2) is 0 Å². The van der Waals surface area contributed by atoms with E-state index in [0.29, 0.717) is 5.56 Å². The van der Waals surface area contributed by atoms with Crippen LogP contribution in [0.25, 0.3) is 0 Å². The van der Waals surface area contributed by atoms with E-state index in [1.165, 1.54) is 12.1 Å². The van der Waals surface area contributed by atoms with Gasteiger partial charge in [-0.3, -0.25) is 14.9 Å². The van der Waals surface area contributed by atoms with E-state index in [2.05, 4.69) is 0 Å². The van der Waals surface area contributed by atoms with Gasteiger partial charge >= 0.3 is 0 Å². The molecule has 80 valence electrons. The van der Waals surface area contributed by atoms with Gasteiger partial charge in [0.2, 0.25) is 0 Å². The minimum absolute atomic E-state index is 0.192. The molecule has 0 bridgehead atoms. The molecule has 1 aromatic carbocycles. The van der Waals surface area contributed by atoms with Crippen LogP contribution in [0.4, 0.5) is 5.69 Å². The van der Waals surface area contributed by atoms with E-state index in [-0.39, 0.29) is 27.9 Å².